The number of nitrogens with zero attached hydrogens (tertiary/aromatic N) is 2. The smallest absolute Gasteiger partial charge is 0.242 e. The van der Waals surface area contributed by atoms with E-state index in [0.717, 1.165) is 5.69 Å². The van der Waals surface area contributed by atoms with Gasteiger partial charge in [0, 0.05) is 26.2 Å². The number of aromatic nitrogens is 2. The van der Waals surface area contributed by atoms with Gasteiger partial charge in [-0.25, -0.2) is 13.1 Å². The minimum atomic E-state index is -3.71. The molecular weight excluding hydrogens is 314 g/mol. The highest BCUT2D eigenvalue weighted by atomic mass is 35.5. The van der Waals surface area contributed by atoms with Crippen molar-refractivity contribution in [3.05, 3.63) is 46.7 Å². The lowest BCUT2D eigenvalue weighted by molar-refractivity contribution is 0.281. The Labute approximate surface area is 128 Å². The summed E-state index contributed by atoms with van der Waals surface area (Å²) < 4.78 is 28.6. The molecule has 1 aromatic heterocycles. The molecule has 8 heteroatoms. The van der Waals surface area contributed by atoms with Crippen molar-refractivity contribution >= 4 is 21.6 Å². The Hall–Kier alpha value is -1.41. The third-order valence-electron chi connectivity index (χ3n) is 2.91. The lowest BCUT2D eigenvalue weighted by Gasteiger charge is -2.09. The van der Waals surface area contributed by atoms with E-state index in [1.165, 1.54) is 12.1 Å². The average molecular weight is 330 g/mol. The highest BCUT2D eigenvalue weighted by Gasteiger charge is 2.18. The molecule has 0 aliphatic rings. The summed E-state index contributed by atoms with van der Waals surface area (Å²) in [7, 11) is -1.92. The molecule has 0 atom stereocenters. The predicted octanol–water partition coefficient (Wildman–Crippen LogP) is 1.09. The molecule has 2 rings (SSSR count). The van der Waals surface area contributed by atoms with E-state index in [-0.39, 0.29) is 23.1 Å². The third kappa shape index (κ3) is 4.04. The van der Waals surface area contributed by atoms with E-state index >= 15 is 0 Å². The number of nitrogens with one attached hydrogen (secondary N) is 1. The van der Waals surface area contributed by atoms with Gasteiger partial charge in [-0.3, -0.25) is 4.68 Å². The van der Waals surface area contributed by atoms with Crippen LogP contribution < -0.4 is 4.72 Å². The largest absolute Gasteiger partial charge is 0.392 e. The van der Waals surface area contributed by atoms with Gasteiger partial charge in [-0.15, -0.1) is 0 Å². The number of halogens is 1. The molecule has 0 amide bonds. The molecule has 0 fully saturated rings. The molecule has 0 saturated carbocycles. The van der Waals surface area contributed by atoms with Crippen LogP contribution in [0.4, 0.5) is 0 Å². The van der Waals surface area contributed by atoms with Gasteiger partial charge >= 0.3 is 0 Å². The van der Waals surface area contributed by atoms with Crippen LogP contribution in [0.1, 0.15) is 11.3 Å². The lowest BCUT2D eigenvalue weighted by atomic mass is 10.2. The number of hydrogen-bond donors (Lipinski definition) is 2. The summed E-state index contributed by atoms with van der Waals surface area (Å²) in [4.78, 5) is -0.0308. The van der Waals surface area contributed by atoms with Gasteiger partial charge in [0.05, 0.1) is 17.3 Å². The van der Waals surface area contributed by atoms with Crippen LogP contribution in [0.2, 0.25) is 5.02 Å². The maximum Gasteiger partial charge on any atom is 0.242 e. The lowest BCUT2D eigenvalue weighted by Crippen LogP contribution is -2.26. The third-order valence-corrected chi connectivity index (χ3v) is 4.85. The van der Waals surface area contributed by atoms with E-state index in [1.54, 1.807) is 24.0 Å². The van der Waals surface area contributed by atoms with Crippen molar-refractivity contribution in [1.29, 1.82) is 0 Å². The summed E-state index contributed by atoms with van der Waals surface area (Å²) in [6.45, 7) is -0.0212. The highest BCUT2D eigenvalue weighted by Crippen LogP contribution is 2.22. The zero-order chi connectivity index (χ0) is 15.5. The maximum absolute atomic E-state index is 12.2. The SMILES string of the molecule is Cn1ccc(CCNS(=O)(=O)c2cc(CO)ccc2Cl)n1. The highest BCUT2D eigenvalue weighted by molar-refractivity contribution is 7.89. The molecule has 2 N–H and O–H groups in total. The molecule has 2 aromatic rings. The molecule has 0 aliphatic carbocycles. The summed E-state index contributed by atoms with van der Waals surface area (Å²) >= 11 is 5.92. The number of aryl methyl sites for hydroxylation is 1. The standard InChI is InChI=1S/C13H16ClN3O3S/c1-17-7-5-11(16-17)4-6-15-21(19,20)13-8-10(9-18)2-3-12(13)14/h2-3,5,7-8,15,18H,4,6,9H2,1H3. The van der Waals surface area contributed by atoms with Gasteiger partial charge in [0.1, 0.15) is 4.90 Å². The summed E-state index contributed by atoms with van der Waals surface area (Å²) in [5, 5.41) is 13.4. The van der Waals surface area contributed by atoms with Crippen molar-refractivity contribution in [2.75, 3.05) is 6.54 Å². The molecule has 6 nitrogen and oxygen atoms in total. The molecule has 114 valence electrons. The number of hydrogen-bond acceptors (Lipinski definition) is 4. The maximum atomic E-state index is 12.2. The number of aliphatic hydroxyl groups is 1. The van der Waals surface area contributed by atoms with Gasteiger partial charge in [0.2, 0.25) is 10.0 Å². The Morgan fingerprint density at radius 2 is 2.14 bits per heavy atom. The Kier molecular flexibility index (Phi) is 5.00. The number of sulfonamides is 1. The predicted molar refractivity (Wildman–Crippen MR) is 79.5 cm³/mol. The molecule has 0 saturated heterocycles. The Balaban J connectivity index is 2.07. The number of rotatable bonds is 6. The number of aliphatic hydroxyl groups excluding tert-OH is 1. The Bertz CT molecular complexity index is 728. The molecular formula is C13H16ClN3O3S. The minimum absolute atomic E-state index is 0.0308. The van der Waals surface area contributed by atoms with Crippen LogP contribution in [-0.2, 0) is 30.1 Å². The Morgan fingerprint density at radius 1 is 1.38 bits per heavy atom. The van der Waals surface area contributed by atoms with Gasteiger partial charge in [-0.05, 0) is 23.8 Å². The van der Waals surface area contributed by atoms with Crippen LogP contribution in [0.25, 0.3) is 0 Å². The zero-order valence-electron chi connectivity index (χ0n) is 11.5. The van der Waals surface area contributed by atoms with E-state index in [2.05, 4.69) is 9.82 Å². The van der Waals surface area contributed by atoms with E-state index in [0.29, 0.717) is 12.0 Å². The van der Waals surface area contributed by atoms with E-state index in [9.17, 15) is 8.42 Å². The van der Waals surface area contributed by atoms with Crippen molar-refractivity contribution in [3.8, 4) is 0 Å². The van der Waals surface area contributed by atoms with Crippen molar-refractivity contribution in [2.45, 2.75) is 17.9 Å². The second-order valence-electron chi connectivity index (χ2n) is 4.55. The molecule has 0 radical (unpaired) electrons. The van der Waals surface area contributed by atoms with E-state index < -0.39 is 10.0 Å². The normalized spacial score (nSPS) is 11.8. The van der Waals surface area contributed by atoms with Gasteiger partial charge in [-0.1, -0.05) is 17.7 Å². The fourth-order valence-electron chi connectivity index (χ4n) is 1.84. The van der Waals surface area contributed by atoms with Crippen molar-refractivity contribution in [2.24, 2.45) is 7.05 Å². The van der Waals surface area contributed by atoms with Crippen LogP contribution in [0.5, 0.6) is 0 Å². The van der Waals surface area contributed by atoms with Crippen LogP contribution in [0, 0.1) is 0 Å². The first-order valence-electron chi connectivity index (χ1n) is 6.30. The first kappa shape index (κ1) is 16.0. The topological polar surface area (TPSA) is 84.2 Å². The average Bonchev–Trinajstić information content (AvgIpc) is 2.84. The van der Waals surface area contributed by atoms with Crippen LogP contribution in [-0.4, -0.2) is 29.8 Å². The molecule has 1 aromatic carbocycles. The first-order valence-corrected chi connectivity index (χ1v) is 8.16. The van der Waals surface area contributed by atoms with Crippen molar-refractivity contribution < 1.29 is 13.5 Å². The summed E-state index contributed by atoms with van der Waals surface area (Å²) in [6, 6.07) is 6.23. The van der Waals surface area contributed by atoms with E-state index in [1.807, 2.05) is 6.07 Å². The minimum Gasteiger partial charge on any atom is -0.392 e. The molecule has 0 bridgehead atoms. The van der Waals surface area contributed by atoms with E-state index in [4.69, 9.17) is 16.7 Å². The summed E-state index contributed by atoms with van der Waals surface area (Å²) in [5.74, 6) is 0. The molecule has 1 heterocycles. The first-order chi connectivity index (χ1) is 9.92. The van der Waals surface area contributed by atoms with Gasteiger partial charge in [0.15, 0.2) is 0 Å². The molecule has 0 spiro atoms. The van der Waals surface area contributed by atoms with Crippen LogP contribution in [0.3, 0.4) is 0 Å². The monoisotopic (exact) mass is 329 g/mol. The molecule has 0 unspecified atom stereocenters. The summed E-state index contributed by atoms with van der Waals surface area (Å²) in [5.41, 5.74) is 1.29. The van der Waals surface area contributed by atoms with Gasteiger partial charge in [0.25, 0.3) is 0 Å². The van der Waals surface area contributed by atoms with Gasteiger partial charge in [-0.2, -0.15) is 5.10 Å². The Morgan fingerprint density at radius 3 is 2.76 bits per heavy atom. The van der Waals surface area contributed by atoms with Crippen molar-refractivity contribution in [3.63, 3.8) is 0 Å². The fourth-order valence-corrected chi connectivity index (χ4v) is 3.42. The molecule has 21 heavy (non-hydrogen) atoms. The fraction of sp³-hybridized carbons (Fsp3) is 0.308. The molecule has 0 aliphatic heterocycles. The second kappa shape index (κ2) is 6.57. The number of benzene rings is 1. The zero-order valence-corrected chi connectivity index (χ0v) is 13.0. The van der Waals surface area contributed by atoms with Crippen LogP contribution in [0.15, 0.2) is 35.4 Å². The second-order valence-corrected chi connectivity index (χ2v) is 6.69. The van der Waals surface area contributed by atoms with Crippen molar-refractivity contribution in [1.82, 2.24) is 14.5 Å². The van der Waals surface area contributed by atoms with Gasteiger partial charge < -0.3 is 5.11 Å². The van der Waals surface area contributed by atoms with Crippen LogP contribution >= 0.6 is 11.6 Å². The quantitative estimate of drug-likeness (QED) is 0.830. The summed E-state index contributed by atoms with van der Waals surface area (Å²) in [6.07, 6.45) is 2.28.